The number of anilines is 1. The largest absolute Gasteiger partial charge is 0.337 e. The van der Waals surface area contributed by atoms with Gasteiger partial charge in [-0.05, 0) is 37.3 Å². The maximum atomic E-state index is 12.6. The van der Waals surface area contributed by atoms with E-state index in [0.29, 0.717) is 30.9 Å². The molecular formula is C17H19N5O3. The standard InChI is InChI=1S/C17H19N5O3/c1-2-20(10-11-21-9-3-8-18-21)16(24)13-4-6-14(7-5-13)22-12-15(23)19-17(22)25/h3-9H,2,10-12H2,1H3,(H,19,23,25). The number of nitrogens with zero attached hydrogens (tertiary/aromatic N) is 4. The molecule has 1 fully saturated rings. The topological polar surface area (TPSA) is 87.5 Å². The fraction of sp³-hybridized carbons (Fsp3) is 0.294. The average molecular weight is 341 g/mol. The van der Waals surface area contributed by atoms with Crippen LogP contribution in [0.15, 0.2) is 42.7 Å². The summed E-state index contributed by atoms with van der Waals surface area (Å²) in [6.07, 6.45) is 3.56. The number of urea groups is 1. The molecule has 130 valence electrons. The van der Waals surface area contributed by atoms with Gasteiger partial charge in [0.25, 0.3) is 5.91 Å². The summed E-state index contributed by atoms with van der Waals surface area (Å²) in [5.41, 5.74) is 1.12. The first kappa shape index (κ1) is 16.7. The van der Waals surface area contributed by atoms with Crippen LogP contribution in [0.4, 0.5) is 10.5 Å². The van der Waals surface area contributed by atoms with Gasteiger partial charge in [-0.2, -0.15) is 5.10 Å². The number of aromatic nitrogens is 2. The van der Waals surface area contributed by atoms with Crippen molar-refractivity contribution < 1.29 is 14.4 Å². The molecule has 0 bridgehead atoms. The first-order chi connectivity index (χ1) is 12.1. The van der Waals surface area contributed by atoms with Gasteiger partial charge in [-0.15, -0.1) is 0 Å². The highest BCUT2D eigenvalue weighted by atomic mass is 16.2. The highest BCUT2D eigenvalue weighted by Gasteiger charge is 2.28. The van der Waals surface area contributed by atoms with Crippen LogP contribution >= 0.6 is 0 Å². The van der Waals surface area contributed by atoms with Gasteiger partial charge in [0.05, 0.1) is 6.54 Å². The molecule has 0 aliphatic carbocycles. The third-order valence-corrected chi connectivity index (χ3v) is 4.05. The zero-order chi connectivity index (χ0) is 17.8. The molecule has 1 aliphatic heterocycles. The Morgan fingerprint density at radius 2 is 2.04 bits per heavy atom. The molecule has 8 heteroatoms. The second kappa shape index (κ2) is 7.16. The third kappa shape index (κ3) is 3.68. The molecular weight excluding hydrogens is 322 g/mol. The van der Waals surface area contributed by atoms with Gasteiger partial charge < -0.3 is 4.90 Å². The minimum absolute atomic E-state index is 0.00290. The fourth-order valence-corrected chi connectivity index (χ4v) is 2.68. The predicted molar refractivity (Wildman–Crippen MR) is 91.1 cm³/mol. The highest BCUT2D eigenvalue weighted by Crippen LogP contribution is 2.18. The molecule has 1 aromatic heterocycles. The van der Waals surface area contributed by atoms with E-state index in [0.717, 1.165) is 0 Å². The molecule has 1 saturated heterocycles. The molecule has 0 saturated carbocycles. The fourth-order valence-electron chi connectivity index (χ4n) is 2.68. The Labute approximate surface area is 145 Å². The van der Waals surface area contributed by atoms with Crippen LogP contribution in [-0.2, 0) is 11.3 Å². The van der Waals surface area contributed by atoms with Crippen LogP contribution in [0, 0.1) is 0 Å². The molecule has 0 atom stereocenters. The molecule has 25 heavy (non-hydrogen) atoms. The number of imide groups is 1. The van der Waals surface area contributed by atoms with E-state index >= 15 is 0 Å². The van der Waals surface area contributed by atoms with Crippen molar-refractivity contribution in [1.82, 2.24) is 20.0 Å². The van der Waals surface area contributed by atoms with Crippen LogP contribution in [0.25, 0.3) is 0 Å². The van der Waals surface area contributed by atoms with Crippen LogP contribution in [0.5, 0.6) is 0 Å². The molecule has 1 aromatic carbocycles. The van der Waals surface area contributed by atoms with E-state index in [4.69, 9.17) is 0 Å². The minimum Gasteiger partial charge on any atom is -0.337 e. The van der Waals surface area contributed by atoms with Gasteiger partial charge in [0.1, 0.15) is 6.54 Å². The van der Waals surface area contributed by atoms with Crippen molar-refractivity contribution >= 4 is 23.5 Å². The van der Waals surface area contributed by atoms with E-state index in [1.54, 1.807) is 40.0 Å². The highest BCUT2D eigenvalue weighted by molar-refractivity contribution is 6.12. The van der Waals surface area contributed by atoms with Gasteiger partial charge in [-0.25, -0.2) is 4.79 Å². The van der Waals surface area contributed by atoms with Crippen LogP contribution in [-0.4, -0.2) is 52.2 Å². The normalized spacial score (nSPS) is 13.9. The molecule has 3 rings (SSSR count). The maximum Gasteiger partial charge on any atom is 0.329 e. The Balaban J connectivity index is 1.66. The van der Waals surface area contributed by atoms with E-state index in [-0.39, 0.29) is 18.4 Å². The molecule has 4 amide bonds. The smallest absolute Gasteiger partial charge is 0.329 e. The lowest BCUT2D eigenvalue weighted by Gasteiger charge is -2.21. The van der Waals surface area contributed by atoms with E-state index < -0.39 is 6.03 Å². The number of carbonyl (C=O) groups is 3. The number of amides is 4. The number of carbonyl (C=O) groups excluding carboxylic acids is 3. The van der Waals surface area contributed by atoms with Crippen LogP contribution < -0.4 is 10.2 Å². The summed E-state index contributed by atoms with van der Waals surface area (Å²) >= 11 is 0. The first-order valence-corrected chi connectivity index (χ1v) is 8.06. The molecule has 0 spiro atoms. The van der Waals surface area contributed by atoms with Crippen molar-refractivity contribution in [1.29, 1.82) is 0 Å². The lowest BCUT2D eigenvalue weighted by Crippen LogP contribution is -2.34. The molecule has 2 aromatic rings. The molecule has 2 heterocycles. The predicted octanol–water partition coefficient (Wildman–Crippen LogP) is 1.10. The van der Waals surface area contributed by atoms with Crippen molar-refractivity contribution in [2.24, 2.45) is 0 Å². The van der Waals surface area contributed by atoms with Crippen LogP contribution in [0.3, 0.4) is 0 Å². The second-order valence-electron chi connectivity index (χ2n) is 5.64. The minimum atomic E-state index is -0.446. The Bertz CT molecular complexity index is 770. The molecule has 0 unspecified atom stereocenters. The molecule has 1 aliphatic rings. The Morgan fingerprint density at radius 1 is 1.28 bits per heavy atom. The molecule has 0 radical (unpaired) electrons. The summed E-state index contributed by atoms with van der Waals surface area (Å²) in [6.45, 7) is 3.69. The van der Waals surface area contributed by atoms with Crippen LogP contribution in [0.2, 0.25) is 0 Å². The van der Waals surface area contributed by atoms with Crippen LogP contribution in [0.1, 0.15) is 17.3 Å². The molecule has 1 N–H and O–H groups in total. The molecule has 8 nitrogen and oxygen atoms in total. The van der Waals surface area contributed by atoms with Crippen molar-refractivity contribution in [3.8, 4) is 0 Å². The first-order valence-electron chi connectivity index (χ1n) is 8.06. The number of hydrogen-bond donors (Lipinski definition) is 1. The summed E-state index contributed by atoms with van der Waals surface area (Å²) in [6, 6.07) is 8.09. The van der Waals surface area contributed by atoms with Crippen molar-refractivity contribution in [2.45, 2.75) is 13.5 Å². The number of rotatable bonds is 6. The van der Waals surface area contributed by atoms with Gasteiger partial charge in [0, 0.05) is 36.7 Å². The van der Waals surface area contributed by atoms with Crippen molar-refractivity contribution in [2.75, 3.05) is 24.5 Å². The van der Waals surface area contributed by atoms with E-state index in [1.165, 1.54) is 4.90 Å². The second-order valence-corrected chi connectivity index (χ2v) is 5.64. The summed E-state index contributed by atoms with van der Waals surface area (Å²) in [5.74, 6) is -0.413. The summed E-state index contributed by atoms with van der Waals surface area (Å²) in [5, 5.41) is 6.36. The van der Waals surface area contributed by atoms with E-state index in [1.807, 2.05) is 19.2 Å². The van der Waals surface area contributed by atoms with E-state index in [9.17, 15) is 14.4 Å². The Hall–Kier alpha value is -3.16. The number of benzene rings is 1. The summed E-state index contributed by atoms with van der Waals surface area (Å²) < 4.78 is 1.78. The van der Waals surface area contributed by atoms with Crippen molar-refractivity contribution in [3.63, 3.8) is 0 Å². The van der Waals surface area contributed by atoms with Crippen molar-refractivity contribution in [3.05, 3.63) is 48.3 Å². The summed E-state index contributed by atoms with van der Waals surface area (Å²) in [4.78, 5) is 38.6. The van der Waals surface area contributed by atoms with Gasteiger partial charge in [0.15, 0.2) is 0 Å². The number of likely N-dealkylation sites (N-methyl/N-ethyl adjacent to an activating group) is 1. The Kier molecular flexibility index (Phi) is 4.78. The summed E-state index contributed by atoms with van der Waals surface area (Å²) in [7, 11) is 0. The maximum absolute atomic E-state index is 12.6. The van der Waals surface area contributed by atoms with Gasteiger partial charge >= 0.3 is 6.03 Å². The van der Waals surface area contributed by atoms with Gasteiger partial charge in [-0.3, -0.25) is 24.5 Å². The number of nitrogens with one attached hydrogen (secondary N) is 1. The number of hydrogen-bond acceptors (Lipinski definition) is 4. The zero-order valence-corrected chi connectivity index (χ0v) is 13.9. The lowest BCUT2D eigenvalue weighted by atomic mass is 10.1. The quantitative estimate of drug-likeness (QED) is 0.797. The van der Waals surface area contributed by atoms with E-state index in [2.05, 4.69) is 10.4 Å². The monoisotopic (exact) mass is 341 g/mol. The Morgan fingerprint density at radius 3 is 2.60 bits per heavy atom. The lowest BCUT2D eigenvalue weighted by molar-refractivity contribution is -0.117. The third-order valence-electron chi connectivity index (χ3n) is 4.05. The van der Waals surface area contributed by atoms with Gasteiger partial charge in [-0.1, -0.05) is 0 Å². The average Bonchev–Trinajstić information content (AvgIpc) is 3.24. The SMILES string of the molecule is CCN(CCn1cccn1)C(=O)c1ccc(N2CC(=O)NC2=O)cc1. The zero-order valence-electron chi connectivity index (χ0n) is 13.9. The van der Waals surface area contributed by atoms with Gasteiger partial charge in [0.2, 0.25) is 5.91 Å².